The van der Waals surface area contributed by atoms with Crippen molar-refractivity contribution in [2.45, 2.75) is 44.6 Å². The lowest BCUT2D eigenvalue weighted by Gasteiger charge is -2.17. The van der Waals surface area contributed by atoms with Gasteiger partial charge < -0.3 is 9.84 Å². The Morgan fingerprint density at radius 2 is 1.95 bits per heavy atom. The Kier molecular flexibility index (Phi) is 5.65. The molecule has 1 fully saturated rings. The van der Waals surface area contributed by atoms with Crippen LogP contribution in [0.1, 0.15) is 44.1 Å². The molecule has 1 aliphatic rings. The molecule has 108 valence electrons. The molecule has 2 rings (SSSR count). The molecule has 1 aromatic carbocycles. The number of ether oxygens (including phenoxy) is 1. The standard InChI is InChI=1S/C16H19BrO3/c17-15-9-8-14(11-12(15)7-10-16(18)19)20-13-5-3-1-2-4-6-13/h7-11,13H,1-6H2,(H,18,19)/b10-7+. The number of hydrogen-bond acceptors (Lipinski definition) is 2. The van der Waals surface area contributed by atoms with Gasteiger partial charge in [0.15, 0.2) is 0 Å². The fraction of sp³-hybridized carbons (Fsp3) is 0.438. The second-order valence-electron chi connectivity index (χ2n) is 5.09. The average Bonchev–Trinajstić information content (AvgIpc) is 2.68. The minimum absolute atomic E-state index is 0.287. The molecule has 0 spiro atoms. The van der Waals surface area contributed by atoms with Gasteiger partial charge in [-0.2, -0.15) is 0 Å². The third-order valence-corrected chi connectivity index (χ3v) is 4.20. The summed E-state index contributed by atoms with van der Waals surface area (Å²) >= 11 is 3.42. The number of carboxylic acids is 1. The average molecular weight is 339 g/mol. The van der Waals surface area contributed by atoms with Crippen molar-refractivity contribution in [3.8, 4) is 5.75 Å². The van der Waals surface area contributed by atoms with Crippen LogP contribution in [-0.4, -0.2) is 17.2 Å². The Labute approximate surface area is 127 Å². The van der Waals surface area contributed by atoms with Crippen molar-refractivity contribution in [1.29, 1.82) is 0 Å². The van der Waals surface area contributed by atoms with Crippen molar-refractivity contribution in [1.82, 2.24) is 0 Å². The maximum atomic E-state index is 10.6. The second-order valence-corrected chi connectivity index (χ2v) is 5.94. The van der Waals surface area contributed by atoms with Gasteiger partial charge in [-0.15, -0.1) is 0 Å². The number of aliphatic carboxylic acids is 1. The smallest absolute Gasteiger partial charge is 0.328 e. The van der Waals surface area contributed by atoms with Gasteiger partial charge in [0, 0.05) is 10.5 Å². The highest BCUT2D eigenvalue weighted by Gasteiger charge is 2.14. The molecule has 3 nitrogen and oxygen atoms in total. The summed E-state index contributed by atoms with van der Waals surface area (Å²) in [4.78, 5) is 10.6. The first-order valence-corrected chi connectivity index (χ1v) is 7.81. The number of benzene rings is 1. The van der Waals surface area contributed by atoms with E-state index in [2.05, 4.69) is 15.9 Å². The third kappa shape index (κ3) is 4.67. The summed E-state index contributed by atoms with van der Waals surface area (Å²) in [5.41, 5.74) is 0.818. The number of hydrogen-bond donors (Lipinski definition) is 1. The first kappa shape index (κ1) is 15.1. The maximum Gasteiger partial charge on any atom is 0.328 e. The molecule has 0 bridgehead atoms. The maximum absolute atomic E-state index is 10.6. The van der Waals surface area contributed by atoms with E-state index < -0.39 is 5.97 Å². The van der Waals surface area contributed by atoms with E-state index in [0.717, 1.165) is 34.7 Å². The van der Waals surface area contributed by atoms with Crippen molar-refractivity contribution in [3.63, 3.8) is 0 Å². The van der Waals surface area contributed by atoms with E-state index in [-0.39, 0.29) is 6.10 Å². The van der Waals surface area contributed by atoms with Crippen LogP contribution in [0.5, 0.6) is 5.75 Å². The largest absolute Gasteiger partial charge is 0.490 e. The molecule has 0 unspecified atom stereocenters. The summed E-state index contributed by atoms with van der Waals surface area (Å²) < 4.78 is 6.90. The molecule has 1 saturated carbocycles. The highest BCUT2D eigenvalue weighted by atomic mass is 79.9. The van der Waals surface area contributed by atoms with Crippen LogP contribution in [0, 0.1) is 0 Å². The first-order valence-electron chi connectivity index (χ1n) is 7.02. The van der Waals surface area contributed by atoms with Gasteiger partial charge in [-0.25, -0.2) is 4.79 Å². The molecule has 20 heavy (non-hydrogen) atoms. The van der Waals surface area contributed by atoms with Crippen LogP contribution in [0.15, 0.2) is 28.7 Å². The zero-order valence-corrected chi connectivity index (χ0v) is 12.9. The predicted octanol–water partition coefficient (Wildman–Crippen LogP) is 4.65. The van der Waals surface area contributed by atoms with E-state index in [0.29, 0.717) is 0 Å². The number of halogens is 1. The van der Waals surface area contributed by atoms with Crippen LogP contribution < -0.4 is 4.74 Å². The van der Waals surface area contributed by atoms with Crippen LogP contribution >= 0.6 is 15.9 Å². The molecular formula is C16H19BrO3. The van der Waals surface area contributed by atoms with Crippen molar-refractivity contribution < 1.29 is 14.6 Å². The summed E-state index contributed by atoms with van der Waals surface area (Å²) in [6.07, 6.45) is 10.3. The zero-order chi connectivity index (χ0) is 14.4. The van der Waals surface area contributed by atoms with Crippen LogP contribution in [0.25, 0.3) is 6.08 Å². The van der Waals surface area contributed by atoms with Crippen molar-refractivity contribution in [2.24, 2.45) is 0 Å². The summed E-state index contributed by atoms with van der Waals surface area (Å²) in [6.45, 7) is 0. The summed E-state index contributed by atoms with van der Waals surface area (Å²) in [5.74, 6) is -0.142. The Balaban J connectivity index is 2.08. The highest BCUT2D eigenvalue weighted by Crippen LogP contribution is 2.27. The van der Waals surface area contributed by atoms with E-state index in [1.54, 1.807) is 6.08 Å². The lowest BCUT2D eigenvalue weighted by Crippen LogP contribution is -2.15. The van der Waals surface area contributed by atoms with Crippen LogP contribution in [0.2, 0.25) is 0 Å². The lowest BCUT2D eigenvalue weighted by molar-refractivity contribution is -0.131. The fourth-order valence-corrected chi connectivity index (χ4v) is 2.81. The predicted molar refractivity (Wildman–Crippen MR) is 82.9 cm³/mol. The molecule has 0 atom stereocenters. The van der Waals surface area contributed by atoms with E-state index >= 15 is 0 Å². The van der Waals surface area contributed by atoms with Crippen LogP contribution in [-0.2, 0) is 4.79 Å². The minimum Gasteiger partial charge on any atom is -0.490 e. The number of rotatable bonds is 4. The quantitative estimate of drug-likeness (QED) is 0.642. The molecule has 0 amide bonds. The number of carbonyl (C=O) groups is 1. The van der Waals surface area contributed by atoms with Gasteiger partial charge in [-0.3, -0.25) is 0 Å². The Morgan fingerprint density at radius 3 is 2.60 bits per heavy atom. The molecule has 0 saturated heterocycles. The van der Waals surface area contributed by atoms with Crippen molar-refractivity contribution >= 4 is 28.0 Å². The third-order valence-electron chi connectivity index (χ3n) is 3.48. The van der Waals surface area contributed by atoms with Crippen LogP contribution in [0.3, 0.4) is 0 Å². The zero-order valence-electron chi connectivity index (χ0n) is 11.3. The minimum atomic E-state index is -0.952. The SMILES string of the molecule is O=C(O)/C=C/c1cc(OC2CCCCCC2)ccc1Br. The van der Waals surface area contributed by atoms with Gasteiger partial charge in [0.1, 0.15) is 5.75 Å². The highest BCUT2D eigenvalue weighted by molar-refractivity contribution is 9.10. The molecule has 4 heteroatoms. The Hall–Kier alpha value is -1.29. The summed E-state index contributed by atoms with van der Waals surface area (Å²) in [6, 6.07) is 5.70. The Morgan fingerprint density at radius 1 is 1.25 bits per heavy atom. The molecule has 1 aliphatic carbocycles. The van der Waals surface area contributed by atoms with E-state index in [1.165, 1.54) is 25.7 Å². The lowest BCUT2D eigenvalue weighted by atomic mass is 10.1. The Bertz CT molecular complexity index is 488. The van der Waals surface area contributed by atoms with Gasteiger partial charge in [0.05, 0.1) is 6.10 Å². The molecule has 0 aromatic heterocycles. The molecule has 0 radical (unpaired) electrons. The van der Waals surface area contributed by atoms with Crippen LogP contribution in [0.4, 0.5) is 0 Å². The van der Waals surface area contributed by atoms with Gasteiger partial charge in [0.25, 0.3) is 0 Å². The second kappa shape index (κ2) is 7.48. The fourth-order valence-electron chi connectivity index (χ4n) is 2.44. The summed E-state index contributed by atoms with van der Waals surface area (Å²) in [7, 11) is 0. The molecular weight excluding hydrogens is 320 g/mol. The number of carboxylic acid groups (broad SMARTS) is 1. The van der Waals surface area contributed by atoms with E-state index in [9.17, 15) is 4.79 Å². The summed E-state index contributed by atoms with van der Waals surface area (Å²) in [5, 5.41) is 8.69. The monoisotopic (exact) mass is 338 g/mol. The van der Waals surface area contributed by atoms with Crippen molar-refractivity contribution in [2.75, 3.05) is 0 Å². The first-order chi connectivity index (χ1) is 9.65. The molecule has 0 heterocycles. The van der Waals surface area contributed by atoms with E-state index in [4.69, 9.17) is 9.84 Å². The van der Waals surface area contributed by atoms with Gasteiger partial charge in [0.2, 0.25) is 0 Å². The topological polar surface area (TPSA) is 46.5 Å². The molecule has 1 aromatic rings. The molecule has 0 aliphatic heterocycles. The van der Waals surface area contributed by atoms with E-state index in [1.807, 2.05) is 18.2 Å². The van der Waals surface area contributed by atoms with Crippen molar-refractivity contribution in [3.05, 3.63) is 34.3 Å². The van der Waals surface area contributed by atoms with Gasteiger partial charge in [-0.05, 0) is 55.5 Å². The normalized spacial score (nSPS) is 17.1. The van der Waals surface area contributed by atoms with Gasteiger partial charge in [-0.1, -0.05) is 28.8 Å². The van der Waals surface area contributed by atoms with Gasteiger partial charge >= 0.3 is 5.97 Å². The molecule has 1 N–H and O–H groups in total.